The van der Waals surface area contributed by atoms with Crippen LogP contribution in [0, 0.1) is 5.92 Å². The molecule has 1 aromatic carbocycles. The Morgan fingerprint density at radius 2 is 2.05 bits per heavy atom. The molecular formula is C17H27ClO2. The van der Waals surface area contributed by atoms with E-state index in [2.05, 4.69) is 13.8 Å². The van der Waals surface area contributed by atoms with E-state index in [0.29, 0.717) is 16.7 Å². The number of ether oxygens (including phenoxy) is 1. The van der Waals surface area contributed by atoms with Crippen LogP contribution in [-0.2, 0) is 0 Å². The molecule has 1 aromatic rings. The van der Waals surface area contributed by atoms with E-state index in [1.807, 2.05) is 25.1 Å². The van der Waals surface area contributed by atoms with Crippen LogP contribution in [0.25, 0.3) is 0 Å². The Labute approximate surface area is 128 Å². The van der Waals surface area contributed by atoms with Gasteiger partial charge in [-0.05, 0) is 37.5 Å². The summed E-state index contributed by atoms with van der Waals surface area (Å²) in [6.45, 7) is 6.31. The molecule has 0 saturated heterocycles. The minimum absolute atomic E-state index is 0.218. The smallest absolute Gasteiger partial charge is 0.122 e. The first-order valence-corrected chi connectivity index (χ1v) is 8.04. The van der Waals surface area contributed by atoms with Gasteiger partial charge in [-0.1, -0.05) is 57.2 Å². The average Bonchev–Trinajstić information content (AvgIpc) is 2.43. The fourth-order valence-electron chi connectivity index (χ4n) is 2.35. The van der Waals surface area contributed by atoms with E-state index in [4.69, 9.17) is 16.3 Å². The van der Waals surface area contributed by atoms with Crippen LogP contribution in [0.15, 0.2) is 24.3 Å². The fraction of sp³-hybridized carbons (Fsp3) is 0.647. The SMILES string of the molecule is CCCCC(CC)CC(O)C(C)Oc1cccc(Cl)c1. The lowest BCUT2D eigenvalue weighted by molar-refractivity contribution is 0.0289. The standard InChI is InChI=1S/C17H27ClO2/c1-4-6-8-14(5-2)11-17(19)13(3)20-16-10-7-9-15(18)12-16/h7,9-10,12-14,17,19H,4-6,8,11H2,1-3H3. The minimum atomic E-state index is -0.434. The van der Waals surface area contributed by atoms with Gasteiger partial charge in [-0.3, -0.25) is 0 Å². The molecule has 0 radical (unpaired) electrons. The summed E-state index contributed by atoms with van der Waals surface area (Å²) >= 11 is 5.93. The van der Waals surface area contributed by atoms with Gasteiger partial charge >= 0.3 is 0 Å². The molecule has 0 saturated carbocycles. The number of hydrogen-bond acceptors (Lipinski definition) is 2. The first-order valence-electron chi connectivity index (χ1n) is 7.67. The molecule has 0 aromatic heterocycles. The Kier molecular flexibility index (Phi) is 8.01. The van der Waals surface area contributed by atoms with Crippen LogP contribution in [-0.4, -0.2) is 17.3 Å². The monoisotopic (exact) mass is 298 g/mol. The second-order valence-electron chi connectivity index (χ2n) is 5.50. The van der Waals surface area contributed by atoms with Crippen molar-refractivity contribution in [1.82, 2.24) is 0 Å². The normalized spacial score (nSPS) is 15.7. The Morgan fingerprint density at radius 1 is 1.30 bits per heavy atom. The predicted octanol–water partition coefficient (Wildman–Crippen LogP) is 5.07. The van der Waals surface area contributed by atoms with Crippen LogP contribution in [0.4, 0.5) is 0 Å². The van der Waals surface area contributed by atoms with Crippen molar-refractivity contribution in [3.63, 3.8) is 0 Å². The molecule has 0 fully saturated rings. The van der Waals surface area contributed by atoms with Gasteiger partial charge in [-0.25, -0.2) is 0 Å². The molecule has 0 amide bonds. The Bertz CT molecular complexity index is 381. The first kappa shape index (κ1) is 17.3. The van der Waals surface area contributed by atoms with Gasteiger partial charge in [-0.15, -0.1) is 0 Å². The van der Waals surface area contributed by atoms with Gasteiger partial charge in [0.15, 0.2) is 0 Å². The van der Waals surface area contributed by atoms with E-state index in [0.717, 1.165) is 12.8 Å². The number of aliphatic hydroxyl groups is 1. The van der Waals surface area contributed by atoms with Crippen molar-refractivity contribution in [3.05, 3.63) is 29.3 Å². The zero-order valence-electron chi connectivity index (χ0n) is 12.8. The number of benzene rings is 1. The molecule has 3 unspecified atom stereocenters. The maximum atomic E-state index is 10.3. The van der Waals surface area contributed by atoms with Crippen LogP contribution >= 0.6 is 11.6 Å². The molecule has 3 heteroatoms. The highest BCUT2D eigenvalue weighted by atomic mass is 35.5. The Hall–Kier alpha value is -0.730. The topological polar surface area (TPSA) is 29.5 Å². The third-order valence-corrected chi connectivity index (χ3v) is 4.01. The lowest BCUT2D eigenvalue weighted by atomic mass is 9.91. The zero-order valence-corrected chi connectivity index (χ0v) is 13.6. The summed E-state index contributed by atoms with van der Waals surface area (Å²) in [5.74, 6) is 1.29. The summed E-state index contributed by atoms with van der Waals surface area (Å²) in [6.07, 6.45) is 4.89. The van der Waals surface area contributed by atoms with Gasteiger partial charge < -0.3 is 9.84 Å². The molecule has 3 atom stereocenters. The summed E-state index contributed by atoms with van der Waals surface area (Å²) in [6, 6.07) is 7.31. The van der Waals surface area contributed by atoms with Crippen molar-refractivity contribution in [2.24, 2.45) is 5.92 Å². The number of hydrogen-bond donors (Lipinski definition) is 1. The fourth-order valence-corrected chi connectivity index (χ4v) is 2.53. The van der Waals surface area contributed by atoms with E-state index in [1.54, 1.807) is 6.07 Å². The highest BCUT2D eigenvalue weighted by Gasteiger charge is 2.20. The molecule has 114 valence electrons. The summed E-state index contributed by atoms with van der Waals surface area (Å²) in [5, 5.41) is 10.9. The Balaban J connectivity index is 2.47. The molecule has 0 aliphatic heterocycles. The largest absolute Gasteiger partial charge is 0.488 e. The maximum Gasteiger partial charge on any atom is 0.122 e. The molecule has 0 heterocycles. The molecule has 2 nitrogen and oxygen atoms in total. The molecule has 1 rings (SSSR count). The quantitative estimate of drug-likeness (QED) is 0.689. The van der Waals surface area contributed by atoms with Crippen molar-refractivity contribution in [2.45, 2.75) is 65.1 Å². The van der Waals surface area contributed by atoms with Gasteiger partial charge in [0.25, 0.3) is 0 Å². The molecule has 0 aliphatic carbocycles. The maximum absolute atomic E-state index is 10.3. The second-order valence-corrected chi connectivity index (χ2v) is 5.94. The Morgan fingerprint density at radius 3 is 2.65 bits per heavy atom. The number of unbranched alkanes of at least 4 members (excludes halogenated alkanes) is 1. The van der Waals surface area contributed by atoms with Crippen molar-refractivity contribution >= 4 is 11.6 Å². The third-order valence-electron chi connectivity index (χ3n) is 3.78. The van der Waals surface area contributed by atoms with E-state index < -0.39 is 6.10 Å². The molecule has 0 bridgehead atoms. The number of rotatable bonds is 9. The van der Waals surface area contributed by atoms with Crippen LogP contribution in [0.3, 0.4) is 0 Å². The van der Waals surface area contributed by atoms with Crippen molar-refractivity contribution in [1.29, 1.82) is 0 Å². The van der Waals surface area contributed by atoms with Crippen molar-refractivity contribution in [3.8, 4) is 5.75 Å². The minimum Gasteiger partial charge on any atom is -0.488 e. The van der Waals surface area contributed by atoms with Crippen LogP contribution in [0.2, 0.25) is 5.02 Å². The van der Waals surface area contributed by atoms with Gasteiger partial charge in [0.2, 0.25) is 0 Å². The highest BCUT2D eigenvalue weighted by Crippen LogP contribution is 2.23. The van der Waals surface area contributed by atoms with Gasteiger partial charge in [-0.2, -0.15) is 0 Å². The average molecular weight is 299 g/mol. The molecular weight excluding hydrogens is 272 g/mol. The molecule has 0 aliphatic rings. The molecule has 20 heavy (non-hydrogen) atoms. The van der Waals surface area contributed by atoms with Crippen molar-refractivity contribution < 1.29 is 9.84 Å². The number of halogens is 1. The summed E-state index contributed by atoms with van der Waals surface area (Å²) in [4.78, 5) is 0. The summed E-state index contributed by atoms with van der Waals surface area (Å²) in [7, 11) is 0. The zero-order chi connectivity index (χ0) is 15.0. The van der Waals surface area contributed by atoms with E-state index in [-0.39, 0.29) is 6.10 Å². The van der Waals surface area contributed by atoms with Crippen LogP contribution in [0.5, 0.6) is 5.75 Å². The van der Waals surface area contributed by atoms with Gasteiger partial charge in [0.1, 0.15) is 11.9 Å². The lowest BCUT2D eigenvalue weighted by Crippen LogP contribution is -2.30. The first-order chi connectivity index (χ1) is 9.56. The lowest BCUT2D eigenvalue weighted by Gasteiger charge is -2.24. The molecule has 1 N–H and O–H groups in total. The van der Waals surface area contributed by atoms with E-state index in [9.17, 15) is 5.11 Å². The van der Waals surface area contributed by atoms with E-state index in [1.165, 1.54) is 19.3 Å². The van der Waals surface area contributed by atoms with Gasteiger partial charge in [0.05, 0.1) is 6.10 Å². The third kappa shape index (κ3) is 6.15. The summed E-state index contributed by atoms with van der Waals surface area (Å²) in [5.41, 5.74) is 0. The van der Waals surface area contributed by atoms with Crippen molar-refractivity contribution in [2.75, 3.05) is 0 Å². The number of aliphatic hydroxyl groups excluding tert-OH is 1. The van der Waals surface area contributed by atoms with E-state index >= 15 is 0 Å². The molecule has 0 spiro atoms. The predicted molar refractivity (Wildman–Crippen MR) is 85.5 cm³/mol. The van der Waals surface area contributed by atoms with Gasteiger partial charge in [0, 0.05) is 5.02 Å². The highest BCUT2D eigenvalue weighted by molar-refractivity contribution is 6.30. The van der Waals surface area contributed by atoms with Crippen LogP contribution in [0.1, 0.15) is 52.9 Å². The summed E-state index contributed by atoms with van der Waals surface area (Å²) < 4.78 is 5.77. The van der Waals surface area contributed by atoms with Crippen LogP contribution < -0.4 is 4.74 Å². The second kappa shape index (κ2) is 9.25.